The fourth-order valence-corrected chi connectivity index (χ4v) is 7.61. The van der Waals surface area contributed by atoms with Crippen molar-refractivity contribution in [3.05, 3.63) is 0 Å². The first kappa shape index (κ1) is 21.0. The van der Waals surface area contributed by atoms with Gasteiger partial charge in [-0.1, -0.05) is 35.4 Å². The number of hydrogen-bond acceptors (Lipinski definition) is 6. The van der Waals surface area contributed by atoms with E-state index >= 15 is 0 Å². The third-order valence-corrected chi connectivity index (χ3v) is 10.3. The molecule has 122 valence electrons. The molecule has 0 bridgehead atoms. The Morgan fingerprint density at radius 3 is 1.25 bits per heavy atom. The average molecular weight is 359 g/mol. The fourth-order valence-electron chi connectivity index (χ4n) is 1.69. The standard InChI is InChI=1S/C12H30O4S2Si2/c1-11(7-9-19(13-3)14-4)17-18-12(2)8-10-20(15-5)16-6/h11-12,19-20H,7-10H2,1-6H3. The minimum Gasteiger partial charge on any atom is -0.400 e. The van der Waals surface area contributed by atoms with Crippen molar-refractivity contribution in [3.63, 3.8) is 0 Å². The van der Waals surface area contributed by atoms with Gasteiger partial charge >= 0.3 is 18.6 Å². The van der Waals surface area contributed by atoms with E-state index in [2.05, 4.69) is 13.8 Å². The van der Waals surface area contributed by atoms with Crippen LogP contribution in [0.4, 0.5) is 0 Å². The summed E-state index contributed by atoms with van der Waals surface area (Å²) in [7, 11) is 8.19. The van der Waals surface area contributed by atoms with Crippen molar-refractivity contribution in [1.82, 2.24) is 0 Å². The van der Waals surface area contributed by atoms with Crippen molar-refractivity contribution < 1.29 is 17.7 Å². The van der Waals surface area contributed by atoms with E-state index in [0.29, 0.717) is 10.5 Å². The van der Waals surface area contributed by atoms with Gasteiger partial charge in [-0.15, -0.1) is 0 Å². The third kappa shape index (κ3) is 10.7. The van der Waals surface area contributed by atoms with Gasteiger partial charge in [-0.25, -0.2) is 0 Å². The molecule has 0 spiro atoms. The van der Waals surface area contributed by atoms with Crippen LogP contribution in [0.1, 0.15) is 26.7 Å². The summed E-state index contributed by atoms with van der Waals surface area (Å²) in [5.41, 5.74) is 0. The second-order valence-electron chi connectivity index (χ2n) is 4.77. The van der Waals surface area contributed by atoms with Crippen molar-refractivity contribution in [3.8, 4) is 0 Å². The quantitative estimate of drug-likeness (QED) is 0.372. The number of rotatable bonds is 13. The zero-order chi connectivity index (χ0) is 15.4. The van der Waals surface area contributed by atoms with Crippen LogP contribution < -0.4 is 0 Å². The van der Waals surface area contributed by atoms with Gasteiger partial charge in [-0.3, -0.25) is 0 Å². The Kier molecular flexibility index (Phi) is 14.3. The molecular weight excluding hydrogens is 328 g/mol. The summed E-state index contributed by atoms with van der Waals surface area (Å²) in [5.74, 6) is 0. The molecule has 0 aliphatic carbocycles. The van der Waals surface area contributed by atoms with Crippen LogP contribution in [0.15, 0.2) is 0 Å². The summed E-state index contributed by atoms with van der Waals surface area (Å²) in [6.07, 6.45) is 2.33. The van der Waals surface area contributed by atoms with Crippen LogP contribution in [-0.4, -0.2) is 57.5 Å². The molecule has 2 atom stereocenters. The van der Waals surface area contributed by atoms with Crippen LogP contribution in [-0.2, 0) is 17.7 Å². The van der Waals surface area contributed by atoms with Crippen LogP contribution in [0.5, 0.6) is 0 Å². The first-order valence-corrected chi connectivity index (χ1v) is 12.8. The molecule has 2 unspecified atom stereocenters. The van der Waals surface area contributed by atoms with Gasteiger partial charge in [-0.2, -0.15) is 0 Å². The molecule has 0 rings (SSSR count). The Labute approximate surface area is 135 Å². The highest BCUT2D eigenvalue weighted by Crippen LogP contribution is 2.35. The van der Waals surface area contributed by atoms with Crippen molar-refractivity contribution in [2.24, 2.45) is 0 Å². The second kappa shape index (κ2) is 13.6. The highest BCUT2D eigenvalue weighted by atomic mass is 33.1. The molecule has 20 heavy (non-hydrogen) atoms. The lowest BCUT2D eigenvalue weighted by atomic mass is 10.4. The topological polar surface area (TPSA) is 36.9 Å². The second-order valence-corrected chi connectivity index (χ2v) is 12.7. The van der Waals surface area contributed by atoms with Crippen molar-refractivity contribution in [2.75, 3.05) is 28.4 Å². The molecule has 4 nitrogen and oxygen atoms in total. The van der Waals surface area contributed by atoms with Gasteiger partial charge in [0, 0.05) is 38.9 Å². The van der Waals surface area contributed by atoms with E-state index in [0.717, 1.165) is 24.9 Å². The Hall–Kier alpha value is 0.974. The van der Waals surface area contributed by atoms with Crippen molar-refractivity contribution >= 4 is 40.2 Å². The molecule has 0 aromatic carbocycles. The molecule has 8 heteroatoms. The molecular formula is C12H30O4S2Si2. The SMILES string of the molecule is CO[SiH](CCC(C)SSC(C)CC[SiH](OC)OC)OC. The van der Waals surface area contributed by atoms with Crippen LogP contribution >= 0.6 is 21.6 Å². The molecule has 0 aliphatic rings. The van der Waals surface area contributed by atoms with Gasteiger partial charge in [0.1, 0.15) is 0 Å². The minimum absolute atomic E-state index is 0.639. The first-order valence-electron chi connectivity index (χ1n) is 7.00. The minimum atomic E-state index is -1.38. The molecule has 0 N–H and O–H groups in total. The van der Waals surface area contributed by atoms with Crippen molar-refractivity contribution in [1.29, 1.82) is 0 Å². The summed E-state index contributed by atoms with van der Waals surface area (Å²) in [6.45, 7) is 4.56. The Balaban J connectivity index is 3.69. The molecule has 0 aromatic rings. The molecule has 0 aromatic heterocycles. The predicted molar refractivity (Wildman–Crippen MR) is 95.3 cm³/mol. The summed E-state index contributed by atoms with van der Waals surface area (Å²) in [6, 6.07) is 2.16. The lowest BCUT2D eigenvalue weighted by Crippen LogP contribution is -2.20. The maximum Gasteiger partial charge on any atom is 0.320 e. The van der Waals surface area contributed by atoms with Crippen LogP contribution in [0.3, 0.4) is 0 Å². The van der Waals surface area contributed by atoms with E-state index in [9.17, 15) is 0 Å². The molecule has 0 amide bonds. The van der Waals surface area contributed by atoms with Gasteiger partial charge in [-0.05, 0) is 24.9 Å². The summed E-state index contributed by atoms with van der Waals surface area (Å²) in [5, 5.41) is 1.28. The zero-order valence-electron chi connectivity index (χ0n) is 13.6. The highest BCUT2D eigenvalue weighted by Gasteiger charge is 2.15. The molecule has 0 aliphatic heterocycles. The van der Waals surface area contributed by atoms with Gasteiger partial charge < -0.3 is 17.7 Å². The van der Waals surface area contributed by atoms with E-state index < -0.39 is 18.6 Å². The van der Waals surface area contributed by atoms with E-state index in [1.54, 1.807) is 28.4 Å². The Morgan fingerprint density at radius 2 is 1.00 bits per heavy atom. The van der Waals surface area contributed by atoms with Crippen LogP contribution in [0, 0.1) is 0 Å². The summed E-state index contributed by atoms with van der Waals surface area (Å²) in [4.78, 5) is 0. The highest BCUT2D eigenvalue weighted by molar-refractivity contribution is 8.77. The monoisotopic (exact) mass is 358 g/mol. The van der Waals surface area contributed by atoms with E-state index in [1.807, 2.05) is 21.6 Å². The zero-order valence-corrected chi connectivity index (χ0v) is 17.5. The maximum atomic E-state index is 5.34. The predicted octanol–water partition coefficient (Wildman–Crippen LogP) is 2.95. The maximum absolute atomic E-state index is 5.34. The van der Waals surface area contributed by atoms with Crippen LogP contribution in [0.2, 0.25) is 12.1 Å². The summed E-state index contributed by atoms with van der Waals surface area (Å²) < 4.78 is 21.4. The average Bonchev–Trinajstić information content (AvgIpc) is 2.47. The molecule has 0 radical (unpaired) electrons. The Bertz CT molecular complexity index is 198. The fraction of sp³-hybridized carbons (Fsp3) is 1.00. The smallest absolute Gasteiger partial charge is 0.320 e. The molecule has 0 saturated carbocycles. The Morgan fingerprint density at radius 1 is 0.700 bits per heavy atom. The third-order valence-electron chi connectivity index (χ3n) is 3.05. The van der Waals surface area contributed by atoms with Gasteiger partial charge in [0.25, 0.3) is 0 Å². The van der Waals surface area contributed by atoms with E-state index in [1.165, 1.54) is 0 Å². The lowest BCUT2D eigenvalue weighted by Gasteiger charge is -2.17. The first-order chi connectivity index (χ1) is 9.57. The lowest BCUT2D eigenvalue weighted by molar-refractivity contribution is 0.276. The van der Waals surface area contributed by atoms with Gasteiger partial charge in [0.05, 0.1) is 0 Å². The van der Waals surface area contributed by atoms with E-state index in [-0.39, 0.29) is 0 Å². The number of hydrogen-bond donors (Lipinski definition) is 0. The molecule has 0 heterocycles. The normalized spacial score (nSPS) is 15.0. The molecule has 0 fully saturated rings. The summed E-state index contributed by atoms with van der Waals surface area (Å²) >= 11 is 0. The van der Waals surface area contributed by atoms with Crippen molar-refractivity contribution in [2.45, 2.75) is 49.3 Å². The van der Waals surface area contributed by atoms with Gasteiger partial charge in [0.2, 0.25) is 0 Å². The largest absolute Gasteiger partial charge is 0.400 e. The van der Waals surface area contributed by atoms with Gasteiger partial charge in [0.15, 0.2) is 0 Å². The van der Waals surface area contributed by atoms with E-state index in [4.69, 9.17) is 17.7 Å². The molecule has 0 saturated heterocycles. The van der Waals surface area contributed by atoms with Crippen LogP contribution in [0.25, 0.3) is 0 Å².